The zero-order valence-electron chi connectivity index (χ0n) is 10.2. The van der Waals surface area contributed by atoms with E-state index in [0.29, 0.717) is 5.65 Å². The normalized spacial score (nSPS) is 10.7. The minimum absolute atomic E-state index is 0.135. The monoisotopic (exact) mass is 333 g/mol. The first-order valence-corrected chi connectivity index (χ1v) is 6.63. The predicted molar refractivity (Wildman–Crippen MR) is 77.2 cm³/mol. The molecule has 1 N–H and O–H groups in total. The second kappa shape index (κ2) is 5.05. The quantitative estimate of drug-likeness (QED) is 0.780. The first-order chi connectivity index (χ1) is 9.63. The molecule has 0 unspecified atom stereocenters. The molecule has 0 bridgehead atoms. The van der Waals surface area contributed by atoms with Crippen LogP contribution in [0.5, 0.6) is 0 Å². The number of nitrogens with one attached hydrogen (secondary N) is 1. The zero-order valence-corrected chi connectivity index (χ0v) is 11.8. The number of nitrogens with zero attached hydrogens (tertiary/aromatic N) is 2. The Hall–Kier alpha value is -2.21. The Balaban J connectivity index is 1.91. The van der Waals surface area contributed by atoms with Crippen LogP contribution in [0.2, 0.25) is 0 Å². The van der Waals surface area contributed by atoms with Gasteiger partial charge in [-0.3, -0.25) is 4.79 Å². The molecule has 0 fully saturated rings. The van der Waals surface area contributed by atoms with Crippen LogP contribution in [-0.2, 0) is 0 Å². The highest BCUT2D eigenvalue weighted by Crippen LogP contribution is 2.15. The zero-order chi connectivity index (χ0) is 14.1. The molecule has 0 spiro atoms. The van der Waals surface area contributed by atoms with Gasteiger partial charge < -0.3 is 9.72 Å². The van der Waals surface area contributed by atoms with E-state index in [9.17, 15) is 9.18 Å². The number of pyridine rings is 1. The van der Waals surface area contributed by atoms with Gasteiger partial charge in [-0.1, -0.05) is 12.1 Å². The van der Waals surface area contributed by atoms with E-state index in [2.05, 4.69) is 26.2 Å². The summed E-state index contributed by atoms with van der Waals surface area (Å²) in [5.74, 6) is -0.928. The fraction of sp³-hybridized carbons (Fsp3) is 0. The van der Waals surface area contributed by atoms with Crippen molar-refractivity contribution >= 4 is 33.2 Å². The second-order valence-corrected chi connectivity index (χ2v) is 5.09. The molecule has 0 saturated carbocycles. The highest BCUT2D eigenvalue weighted by atomic mass is 79.9. The molecule has 3 rings (SSSR count). The molecule has 20 heavy (non-hydrogen) atoms. The molecule has 2 heterocycles. The average molecular weight is 334 g/mol. The molecule has 2 aromatic heterocycles. The fourth-order valence-corrected chi connectivity index (χ4v) is 2.18. The van der Waals surface area contributed by atoms with Crippen LogP contribution in [-0.4, -0.2) is 15.3 Å². The van der Waals surface area contributed by atoms with Crippen LogP contribution in [0.15, 0.2) is 53.3 Å². The number of carbonyl (C=O) groups excluding carboxylic acids is 1. The van der Waals surface area contributed by atoms with Crippen molar-refractivity contribution in [1.29, 1.82) is 0 Å². The second-order valence-electron chi connectivity index (χ2n) is 4.17. The molecule has 1 amide bonds. The minimum atomic E-state index is -0.479. The first-order valence-electron chi connectivity index (χ1n) is 5.83. The lowest BCUT2D eigenvalue weighted by Gasteiger charge is -2.03. The van der Waals surface area contributed by atoms with Gasteiger partial charge in [-0.15, -0.1) is 0 Å². The largest absolute Gasteiger partial charge is 0.318 e. The van der Waals surface area contributed by atoms with Gasteiger partial charge in [0.05, 0.1) is 5.69 Å². The SMILES string of the molecule is O=C(Nc1ccccc1F)c1cn2cc(Br)ccc2n1. The van der Waals surface area contributed by atoms with Gasteiger partial charge in [0, 0.05) is 16.9 Å². The molecular formula is C14H9BrFN3O. The minimum Gasteiger partial charge on any atom is -0.318 e. The molecule has 6 heteroatoms. The molecule has 100 valence electrons. The maximum absolute atomic E-state index is 13.5. The summed E-state index contributed by atoms with van der Waals surface area (Å²) >= 11 is 3.34. The number of rotatable bonds is 2. The number of para-hydroxylation sites is 1. The van der Waals surface area contributed by atoms with Gasteiger partial charge in [0.2, 0.25) is 0 Å². The van der Waals surface area contributed by atoms with Crippen molar-refractivity contribution in [2.75, 3.05) is 5.32 Å². The van der Waals surface area contributed by atoms with E-state index in [1.165, 1.54) is 12.1 Å². The summed E-state index contributed by atoms with van der Waals surface area (Å²) in [5, 5.41) is 2.50. The summed E-state index contributed by atoms with van der Waals surface area (Å²) in [6.07, 6.45) is 3.39. The summed E-state index contributed by atoms with van der Waals surface area (Å²) in [4.78, 5) is 16.2. The molecule has 3 aromatic rings. The van der Waals surface area contributed by atoms with Crippen LogP contribution in [0.4, 0.5) is 10.1 Å². The third-order valence-electron chi connectivity index (χ3n) is 2.77. The number of imidazole rings is 1. The van der Waals surface area contributed by atoms with Crippen molar-refractivity contribution in [3.63, 3.8) is 0 Å². The van der Waals surface area contributed by atoms with Crippen LogP contribution in [0, 0.1) is 5.82 Å². The van der Waals surface area contributed by atoms with E-state index in [1.54, 1.807) is 35.0 Å². The molecule has 0 aliphatic heterocycles. The Morgan fingerprint density at radius 1 is 1.20 bits per heavy atom. The van der Waals surface area contributed by atoms with Crippen molar-refractivity contribution in [3.8, 4) is 0 Å². The van der Waals surface area contributed by atoms with Gasteiger partial charge >= 0.3 is 0 Å². The maximum atomic E-state index is 13.5. The Bertz CT molecular complexity index is 800. The van der Waals surface area contributed by atoms with E-state index in [4.69, 9.17) is 0 Å². The van der Waals surface area contributed by atoms with Crippen molar-refractivity contribution in [2.45, 2.75) is 0 Å². The van der Waals surface area contributed by atoms with E-state index >= 15 is 0 Å². The van der Waals surface area contributed by atoms with Crippen LogP contribution >= 0.6 is 15.9 Å². The number of anilines is 1. The number of hydrogen-bond acceptors (Lipinski definition) is 2. The number of benzene rings is 1. The van der Waals surface area contributed by atoms with E-state index in [1.807, 2.05) is 6.07 Å². The Kier molecular flexibility index (Phi) is 3.23. The summed E-state index contributed by atoms with van der Waals surface area (Å²) in [6, 6.07) is 9.62. The van der Waals surface area contributed by atoms with Gasteiger partial charge in [-0.05, 0) is 40.2 Å². The summed E-state index contributed by atoms with van der Waals surface area (Å²) < 4.78 is 16.1. The van der Waals surface area contributed by atoms with Gasteiger partial charge in [0.15, 0.2) is 0 Å². The molecular weight excluding hydrogens is 325 g/mol. The number of amides is 1. The molecule has 0 aliphatic carbocycles. The average Bonchev–Trinajstić information content (AvgIpc) is 2.84. The molecule has 1 aromatic carbocycles. The van der Waals surface area contributed by atoms with E-state index in [-0.39, 0.29) is 11.4 Å². The highest BCUT2D eigenvalue weighted by Gasteiger charge is 2.12. The lowest BCUT2D eigenvalue weighted by molar-refractivity contribution is 0.102. The Morgan fingerprint density at radius 3 is 2.80 bits per heavy atom. The van der Waals surface area contributed by atoms with Crippen molar-refractivity contribution in [2.24, 2.45) is 0 Å². The molecule has 0 saturated heterocycles. The third-order valence-corrected chi connectivity index (χ3v) is 3.24. The van der Waals surface area contributed by atoms with E-state index < -0.39 is 11.7 Å². The Labute approximate surface area is 122 Å². The van der Waals surface area contributed by atoms with Gasteiger partial charge in [-0.2, -0.15) is 0 Å². The summed E-state index contributed by atoms with van der Waals surface area (Å²) in [7, 11) is 0. The van der Waals surface area contributed by atoms with E-state index in [0.717, 1.165) is 4.47 Å². The van der Waals surface area contributed by atoms with Crippen molar-refractivity contribution in [1.82, 2.24) is 9.38 Å². The molecule has 0 radical (unpaired) electrons. The summed E-state index contributed by atoms with van der Waals surface area (Å²) in [6.45, 7) is 0. The lowest BCUT2D eigenvalue weighted by atomic mass is 10.3. The number of carbonyl (C=O) groups is 1. The lowest BCUT2D eigenvalue weighted by Crippen LogP contribution is -2.13. The molecule has 0 atom stereocenters. The standard InChI is InChI=1S/C14H9BrFN3O/c15-9-5-6-13-17-12(8-19(13)7-9)14(20)18-11-4-2-1-3-10(11)16/h1-8H,(H,18,20). The van der Waals surface area contributed by atoms with Gasteiger partial charge in [-0.25, -0.2) is 9.37 Å². The van der Waals surface area contributed by atoms with Crippen LogP contribution < -0.4 is 5.32 Å². The number of aromatic nitrogens is 2. The topological polar surface area (TPSA) is 46.4 Å². The number of halogens is 2. The first kappa shape index (κ1) is 12.8. The Morgan fingerprint density at radius 2 is 2.00 bits per heavy atom. The maximum Gasteiger partial charge on any atom is 0.275 e. The van der Waals surface area contributed by atoms with Gasteiger partial charge in [0.1, 0.15) is 17.2 Å². The number of hydrogen-bond donors (Lipinski definition) is 1. The van der Waals surface area contributed by atoms with Crippen molar-refractivity contribution in [3.05, 3.63) is 64.8 Å². The fourth-order valence-electron chi connectivity index (χ4n) is 1.82. The van der Waals surface area contributed by atoms with Gasteiger partial charge in [0.25, 0.3) is 5.91 Å². The van der Waals surface area contributed by atoms with Crippen LogP contribution in [0.3, 0.4) is 0 Å². The predicted octanol–water partition coefficient (Wildman–Crippen LogP) is 3.49. The van der Waals surface area contributed by atoms with Crippen LogP contribution in [0.25, 0.3) is 5.65 Å². The molecule has 0 aliphatic rings. The highest BCUT2D eigenvalue weighted by molar-refractivity contribution is 9.10. The molecule has 4 nitrogen and oxygen atoms in total. The smallest absolute Gasteiger partial charge is 0.275 e. The summed E-state index contributed by atoms with van der Waals surface area (Å²) in [5.41, 5.74) is 1.01. The third kappa shape index (κ3) is 2.42. The number of fused-ring (bicyclic) bond motifs is 1. The van der Waals surface area contributed by atoms with Crippen molar-refractivity contribution < 1.29 is 9.18 Å². The van der Waals surface area contributed by atoms with Crippen LogP contribution in [0.1, 0.15) is 10.5 Å².